The molecule has 1 heterocycles. The Morgan fingerprint density at radius 1 is 0.963 bits per heavy atom. The van der Waals surface area contributed by atoms with E-state index in [4.69, 9.17) is 4.74 Å². The van der Waals surface area contributed by atoms with Crippen molar-refractivity contribution in [2.45, 2.75) is 36.5 Å². The van der Waals surface area contributed by atoms with Crippen LogP contribution < -0.4 is 5.32 Å². The summed E-state index contributed by atoms with van der Waals surface area (Å²) in [6, 6.07) is 0. The Bertz CT molecular complexity index is 509. The van der Waals surface area contributed by atoms with Gasteiger partial charge in [0.2, 0.25) is 6.43 Å². The van der Waals surface area contributed by atoms with Crippen LogP contribution in [0.3, 0.4) is 0 Å². The molecule has 0 atom stereocenters. The third-order valence-corrected chi connectivity index (χ3v) is 3.76. The molecule has 4 nitrogen and oxygen atoms in total. The van der Waals surface area contributed by atoms with Gasteiger partial charge >= 0.3 is 23.7 Å². The van der Waals surface area contributed by atoms with Crippen molar-refractivity contribution in [3.05, 3.63) is 0 Å². The average Bonchev–Trinajstić information content (AvgIpc) is 2.53. The maximum Gasteiger partial charge on any atom is 0.392 e. The van der Waals surface area contributed by atoms with E-state index in [9.17, 15) is 48.7 Å². The lowest BCUT2D eigenvalue weighted by Gasteiger charge is -2.36. The molecule has 14 heteroatoms. The smallest absolute Gasteiger partial charge is 0.379 e. The first-order valence-corrected chi connectivity index (χ1v) is 7.54. The Labute approximate surface area is 146 Å². The quantitative estimate of drug-likeness (QED) is 0.581. The standard InChI is InChI=1S/C13H16F10N2O2/c14-8(15)7-10(16,17)12(20,21)13(22,23)11(18,19)9(26)24-1-2-25-3-5-27-6-4-25/h8H,1-7H2,(H,24,26). The molecule has 0 radical (unpaired) electrons. The average molecular weight is 422 g/mol. The predicted octanol–water partition coefficient (Wildman–Crippen LogP) is 2.63. The highest BCUT2D eigenvalue weighted by atomic mass is 19.4. The fourth-order valence-corrected chi connectivity index (χ4v) is 2.15. The normalized spacial score (nSPS) is 18.0. The Morgan fingerprint density at radius 2 is 1.48 bits per heavy atom. The van der Waals surface area contributed by atoms with Crippen LogP contribution in [0.4, 0.5) is 43.9 Å². The number of carbonyl (C=O) groups is 1. The summed E-state index contributed by atoms with van der Waals surface area (Å²) < 4.78 is 135. The van der Waals surface area contributed by atoms with Gasteiger partial charge in [-0.1, -0.05) is 0 Å². The minimum Gasteiger partial charge on any atom is -0.379 e. The van der Waals surface area contributed by atoms with Gasteiger partial charge in [0.1, 0.15) is 0 Å². The van der Waals surface area contributed by atoms with E-state index in [1.165, 1.54) is 5.32 Å². The molecule has 0 saturated carbocycles. The summed E-state index contributed by atoms with van der Waals surface area (Å²) in [4.78, 5) is 12.8. The van der Waals surface area contributed by atoms with E-state index in [-0.39, 0.29) is 19.8 Å². The summed E-state index contributed by atoms with van der Waals surface area (Å²) >= 11 is 0. The Balaban J connectivity index is 2.83. The van der Waals surface area contributed by atoms with Crippen LogP contribution in [0.2, 0.25) is 0 Å². The van der Waals surface area contributed by atoms with Gasteiger partial charge in [-0.15, -0.1) is 0 Å². The molecule has 1 amide bonds. The molecular weight excluding hydrogens is 406 g/mol. The molecule has 27 heavy (non-hydrogen) atoms. The maximum absolute atomic E-state index is 13.5. The van der Waals surface area contributed by atoms with Gasteiger partial charge in [0, 0.05) is 26.2 Å². The maximum atomic E-state index is 13.5. The number of rotatable bonds is 9. The molecule has 1 fully saturated rings. The summed E-state index contributed by atoms with van der Waals surface area (Å²) in [7, 11) is 0. The number of morpholine rings is 1. The minimum atomic E-state index is -6.92. The lowest BCUT2D eigenvalue weighted by atomic mass is 9.96. The van der Waals surface area contributed by atoms with Gasteiger partial charge in [-0.2, -0.15) is 35.1 Å². The predicted molar refractivity (Wildman–Crippen MR) is 70.7 cm³/mol. The molecule has 1 N–H and O–H groups in total. The molecule has 0 aliphatic carbocycles. The second kappa shape index (κ2) is 8.37. The van der Waals surface area contributed by atoms with Crippen molar-refractivity contribution in [3.63, 3.8) is 0 Å². The number of ether oxygens (including phenoxy) is 1. The number of amides is 1. The summed E-state index contributed by atoms with van der Waals surface area (Å²) in [5.41, 5.74) is 0. The lowest BCUT2D eigenvalue weighted by molar-refractivity contribution is -0.360. The van der Waals surface area contributed by atoms with Gasteiger partial charge in [0.05, 0.1) is 19.6 Å². The van der Waals surface area contributed by atoms with E-state index in [0.29, 0.717) is 13.1 Å². The molecule has 0 aromatic heterocycles. The fourth-order valence-electron chi connectivity index (χ4n) is 2.15. The van der Waals surface area contributed by atoms with Gasteiger partial charge in [0.15, 0.2) is 0 Å². The first-order valence-electron chi connectivity index (χ1n) is 7.54. The largest absolute Gasteiger partial charge is 0.392 e. The molecule has 1 aliphatic heterocycles. The van der Waals surface area contributed by atoms with Crippen LogP contribution in [0.1, 0.15) is 6.42 Å². The van der Waals surface area contributed by atoms with Gasteiger partial charge in [0.25, 0.3) is 5.91 Å². The van der Waals surface area contributed by atoms with Crippen molar-refractivity contribution in [2.75, 3.05) is 39.4 Å². The van der Waals surface area contributed by atoms with E-state index in [1.807, 2.05) is 0 Å². The summed E-state index contributed by atoms with van der Waals surface area (Å²) in [5, 5.41) is 1.26. The number of hydrogen-bond donors (Lipinski definition) is 1. The van der Waals surface area contributed by atoms with Gasteiger partial charge in [-0.25, -0.2) is 8.78 Å². The fraction of sp³-hybridized carbons (Fsp3) is 0.923. The van der Waals surface area contributed by atoms with Crippen LogP contribution in [-0.4, -0.2) is 80.3 Å². The monoisotopic (exact) mass is 422 g/mol. The zero-order chi connectivity index (χ0) is 21.1. The van der Waals surface area contributed by atoms with Crippen LogP contribution >= 0.6 is 0 Å². The molecule has 160 valence electrons. The lowest BCUT2D eigenvalue weighted by Crippen LogP contribution is -2.66. The first kappa shape index (κ1) is 23.7. The number of halogens is 10. The van der Waals surface area contributed by atoms with Gasteiger partial charge in [-0.05, 0) is 0 Å². The van der Waals surface area contributed by atoms with Crippen molar-refractivity contribution < 1.29 is 53.4 Å². The van der Waals surface area contributed by atoms with E-state index < -0.39 is 49.0 Å². The Kier molecular flexibility index (Phi) is 7.36. The molecule has 0 aromatic rings. The number of nitrogens with zero attached hydrogens (tertiary/aromatic N) is 1. The highest BCUT2D eigenvalue weighted by Gasteiger charge is 2.82. The molecule has 0 aromatic carbocycles. The number of carbonyl (C=O) groups excluding carboxylic acids is 1. The van der Waals surface area contributed by atoms with E-state index in [1.54, 1.807) is 4.90 Å². The zero-order valence-corrected chi connectivity index (χ0v) is 13.6. The SMILES string of the molecule is O=C(NCCN1CCOCC1)C(F)(F)C(F)(F)C(F)(F)C(F)(F)CC(F)F. The van der Waals surface area contributed by atoms with Crippen molar-refractivity contribution in [3.8, 4) is 0 Å². The van der Waals surface area contributed by atoms with Crippen molar-refractivity contribution in [2.24, 2.45) is 0 Å². The van der Waals surface area contributed by atoms with E-state index in [2.05, 4.69) is 0 Å². The highest BCUT2D eigenvalue weighted by molar-refractivity contribution is 5.84. The van der Waals surface area contributed by atoms with Crippen LogP contribution in [0.25, 0.3) is 0 Å². The molecule has 1 rings (SSSR count). The molecule has 1 saturated heterocycles. The zero-order valence-electron chi connectivity index (χ0n) is 13.6. The summed E-state index contributed by atoms with van der Waals surface area (Å²) in [6.07, 6.45) is -7.25. The summed E-state index contributed by atoms with van der Waals surface area (Å²) in [5.74, 6) is -29.2. The molecule has 0 bridgehead atoms. The molecule has 0 spiro atoms. The van der Waals surface area contributed by atoms with Gasteiger partial charge < -0.3 is 10.1 Å². The first-order chi connectivity index (χ1) is 12.2. The van der Waals surface area contributed by atoms with E-state index in [0.717, 1.165) is 0 Å². The molecular formula is C13H16F10N2O2. The van der Waals surface area contributed by atoms with Crippen molar-refractivity contribution in [1.82, 2.24) is 10.2 Å². The Morgan fingerprint density at radius 3 is 1.96 bits per heavy atom. The van der Waals surface area contributed by atoms with Crippen LogP contribution in [0.15, 0.2) is 0 Å². The van der Waals surface area contributed by atoms with Crippen LogP contribution in [0.5, 0.6) is 0 Å². The second-order valence-corrected chi connectivity index (χ2v) is 5.73. The van der Waals surface area contributed by atoms with Crippen molar-refractivity contribution >= 4 is 5.91 Å². The van der Waals surface area contributed by atoms with Crippen molar-refractivity contribution in [1.29, 1.82) is 0 Å². The topological polar surface area (TPSA) is 41.6 Å². The van der Waals surface area contributed by atoms with Crippen LogP contribution in [-0.2, 0) is 9.53 Å². The van der Waals surface area contributed by atoms with E-state index >= 15 is 0 Å². The number of nitrogens with one attached hydrogen (secondary N) is 1. The summed E-state index contributed by atoms with van der Waals surface area (Å²) in [6.45, 7) is 0.458. The molecule has 1 aliphatic rings. The molecule has 0 unspecified atom stereocenters. The third-order valence-electron chi connectivity index (χ3n) is 3.76. The number of alkyl halides is 10. The van der Waals surface area contributed by atoms with Gasteiger partial charge in [-0.3, -0.25) is 9.69 Å². The highest BCUT2D eigenvalue weighted by Crippen LogP contribution is 2.54. The third kappa shape index (κ3) is 4.95. The van der Waals surface area contributed by atoms with Crippen LogP contribution in [0, 0.1) is 0 Å². The number of hydrogen-bond acceptors (Lipinski definition) is 3. The second-order valence-electron chi connectivity index (χ2n) is 5.73. The Hall–Kier alpha value is -1.31. The minimum absolute atomic E-state index is 0.116.